The summed E-state index contributed by atoms with van der Waals surface area (Å²) >= 11 is 0. The molecule has 0 spiro atoms. The van der Waals surface area contributed by atoms with Crippen molar-refractivity contribution in [3.05, 3.63) is 29.8 Å². The summed E-state index contributed by atoms with van der Waals surface area (Å²) in [5, 5.41) is 3.16. The lowest BCUT2D eigenvalue weighted by Gasteiger charge is -2.41. The van der Waals surface area contributed by atoms with Crippen LogP contribution in [-0.4, -0.2) is 53.8 Å². The van der Waals surface area contributed by atoms with Gasteiger partial charge in [-0.1, -0.05) is 45.7 Å². The minimum absolute atomic E-state index is 0.00823. The van der Waals surface area contributed by atoms with Crippen LogP contribution in [-0.2, 0) is 9.59 Å². The number of hydrogen-bond donors (Lipinski definition) is 1. The minimum Gasteiger partial charge on any atom is -0.340 e. The molecular weight excluding hydrogens is 362 g/mol. The molecular formula is C24H37N3O2. The highest BCUT2D eigenvalue weighted by Gasteiger charge is 2.37. The number of rotatable bonds is 5. The van der Waals surface area contributed by atoms with Crippen LogP contribution in [0.15, 0.2) is 24.3 Å². The molecule has 3 rings (SSSR count). The number of piperazine rings is 1. The maximum Gasteiger partial charge on any atom is 0.242 e. The Morgan fingerprint density at radius 2 is 1.76 bits per heavy atom. The van der Waals surface area contributed by atoms with Crippen molar-refractivity contribution in [2.75, 3.05) is 31.5 Å². The summed E-state index contributed by atoms with van der Waals surface area (Å²) in [4.78, 5) is 30.2. The van der Waals surface area contributed by atoms with Crippen LogP contribution in [0.3, 0.4) is 0 Å². The van der Waals surface area contributed by atoms with Crippen molar-refractivity contribution in [3.63, 3.8) is 0 Å². The predicted molar refractivity (Wildman–Crippen MR) is 118 cm³/mol. The topological polar surface area (TPSA) is 52.7 Å². The van der Waals surface area contributed by atoms with E-state index in [1.54, 1.807) is 0 Å². The molecule has 1 aromatic rings. The monoisotopic (exact) mass is 399 g/mol. The molecule has 1 saturated carbocycles. The summed E-state index contributed by atoms with van der Waals surface area (Å²) in [5.74, 6) is 0.757. The summed E-state index contributed by atoms with van der Waals surface area (Å²) in [6.07, 6.45) is 5.24. The van der Waals surface area contributed by atoms with Crippen molar-refractivity contribution in [2.24, 2.45) is 11.3 Å². The van der Waals surface area contributed by atoms with Crippen molar-refractivity contribution >= 4 is 17.5 Å². The van der Waals surface area contributed by atoms with Crippen LogP contribution in [0.4, 0.5) is 5.69 Å². The van der Waals surface area contributed by atoms with Gasteiger partial charge in [-0.05, 0) is 48.8 Å². The van der Waals surface area contributed by atoms with Gasteiger partial charge < -0.3 is 10.2 Å². The highest BCUT2D eigenvalue weighted by Crippen LogP contribution is 2.32. The Hall–Kier alpha value is -1.88. The van der Waals surface area contributed by atoms with Gasteiger partial charge in [0.2, 0.25) is 11.8 Å². The molecule has 0 unspecified atom stereocenters. The van der Waals surface area contributed by atoms with Gasteiger partial charge in [-0.2, -0.15) is 0 Å². The Labute approximate surface area is 175 Å². The van der Waals surface area contributed by atoms with Gasteiger partial charge >= 0.3 is 0 Å². The van der Waals surface area contributed by atoms with E-state index in [2.05, 4.69) is 31.0 Å². The second kappa shape index (κ2) is 9.29. The smallest absolute Gasteiger partial charge is 0.242 e. The maximum absolute atomic E-state index is 13.3. The molecule has 1 aromatic carbocycles. The van der Waals surface area contributed by atoms with Crippen molar-refractivity contribution in [3.8, 4) is 0 Å². The van der Waals surface area contributed by atoms with E-state index in [0.29, 0.717) is 12.3 Å². The van der Waals surface area contributed by atoms with E-state index in [1.165, 1.54) is 12.8 Å². The van der Waals surface area contributed by atoms with Crippen LogP contribution < -0.4 is 5.32 Å². The number of amides is 2. The lowest BCUT2D eigenvalue weighted by Crippen LogP contribution is -2.57. The van der Waals surface area contributed by atoms with Gasteiger partial charge in [-0.15, -0.1) is 0 Å². The standard InChI is InChI=1S/C24H37N3O2/c1-18-8-7-11-20(16-18)25-23(29)22(19-9-5-6-10-19)27-14-12-26(13-15-27)21(28)17-24(2,3)4/h7-8,11,16,19,22H,5-6,9-10,12-15,17H2,1-4H3,(H,25,29)/t22-/m0/s1. The van der Waals surface area contributed by atoms with Crippen LogP contribution in [0.2, 0.25) is 0 Å². The van der Waals surface area contributed by atoms with Crippen LogP contribution in [0.25, 0.3) is 0 Å². The lowest BCUT2D eigenvalue weighted by atomic mass is 9.91. The Morgan fingerprint density at radius 3 is 2.34 bits per heavy atom. The third kappa shape index (κ3) is 6.05. The Kier molecular flexibility index (Phi) is 6.99. The Bertz CT molecular complexity index is 711. The molecule has 5 nitrogen and oxygen atoms in total. The van der Waals surface area contributed by atoms with E-state index in [1.807, 2.05) is 36.1 Å². The van der Waals surface area contributed by atoms with Gasteiger partial charge in [0.25, 0.3) is 0 Å². The van der Waals surface area contributed by atoms with Crippen LogP contribution in [0, 0.1) is 18.3 Å². The van der Waals surface area contributed by atoms with E-state index in [9.17, 15) is 9.59 Å². The van der Waals surface area contributed by atoms with E-state index >= 15 is 0 Å². The van der Waals surface area contributed by atoms with Gasteiger partial charge in [-0.3, -0.25) is 14.5 Å². The Balaban J connectivity index is 1.65. The Morgan fingerprint density at radius 1 is 1.10 bits per heavy atom. The van der Waals surface area contributed by atoms with Gasteiger partial charge in [0, 0.05) is 38.3 Å². The molecule has 2 aliphatic rings. The first-order valence-electron chi connectivity index (χ1n) is 11.1. The molecule has 1 aliphatic heterocycles. The fourth-order valence-corrected chi connectivity index (χ4v) is 4.71. The molecule has 5 heteroatoms. The first kappa shape index (κ1) is 21.8. The summed E-state index contributed by atoms with van der Waals surface area (Å²) in [6.45, 7) is 11.3. The number of carbonyl (C=O) groups excluding carboxylic acids is 2. The first-order valence-corrected chi connectivity index (χ1v) is 11.1. The van der Waals surface area contributed by atoms with Crippen molar-refractivity contribution in [1.29, 1.82) is 0 Å². The third-order valence-electron chi connectivity index (χ3n) is 6.14. The van der Waals surface area contributed by atoms with Gasteiger partial charge in [0.15, 0.2) is 0 Å². The van der Waals surface area contributed by atoms with Gasteiger partial charge in [0.05, 0.1) is 6.04 Å². The molecule has 2 amide bonds. The van der Waals surface area contributed by atoms with Gasteiger partial charge in [-0.25, -0.2) is 0 Å². The van der Waals surface area contributed by atoms with Crippen LogP contribution >= 0.6 is 0 Å². The predicted octanol–water partition coefficient (Wildman–Crippen LogP) is 4.07. The summed E-state index contributed by atoms with van der Waals surface area (Å²) in [6, 6.07) is 7.90. The lowest BCUT2D eigenvalue weighted by molar-refractivity contribution is -0.136. The molecule has 1 N–H and O–H groups in total. The average Bonchev–Trinajstić information content (AvgIpc) is 3.15. The van der Waals surface area contributed by atoms with E-state index in [0.717, 1.165) is 50.3 Å². The van der Waals surface area contributed by atoms with Crippen molar-refractivity contribution in [1.82, 2.24) is 9.80 Å². The molecule has 0 aromatic heterocycles. The minimum atomic E-state index is -0.0992. The fourth-order valence-electron chi connectivity index (χ4n) is 4.71. The molecule has 1 heterocycles. The first-order chi connectivity index (χ1) is 13.7. The second-order valence-electron chi connectivity index (χ2n) is 10.0. The highest BCUT2D eigenvalue weighted by atomic mass is 16.2. The molecule has 1 saturated heterocycles. The van der Waals surface area contributed by atoms with Crippen LogP contribution in [0.1, 0.15) is 58.4 Å². The number of hydrogen-bond acceptors (Lipinski definition) is 3. The molecule has 1 aliphatic carbocycles. The summed E-state index contributed by atoms with van der Waals surface area (Å²) in [5.41, 5.74) is 2.03. The number of anilines is 1. The number of benzene rings is 1. The number of aryl methyl sites for hydroxylation is 1. The summed E-state index contributed by atoms with van der Waals surface area (Å²) < 4.78 is 0. The van der Waals surface area contributed by atoms with E-state index in [4.69, 9.17) is 0 Å². The normalized spacial score (nSPS) is 19.9. The van der Waals surface area contributed by atoms with E-state index in [-0.39, 0.29) is 23.3 Å². The largest absolute Gasteiger partial charge is 0.340 e. The fraction of sp³-hybridized carbons (Fsp3) is 0.667. The van der Waals surface area contributed by atoms with Gasteiger partial charge in [0.1, 0.15) is 0 Å². The summed E-state index contributed by atoms with van der Waals surface area (Å²) in [7, 11) is 0. The quantitative estimate of drug-likeness (QED) is 0.812. The SMILES string of the molecule is Cc1cccc(NC(=O)[C@H](C2CCCC2)N2CCN(C(=O)CC(C)(C)C)CC2)c1. The van der Waals surface area contributed by atoms with Crippen molar-refractivity contribution < 1.29 is 9.59 Å². The molecule has 2 fully saturated rings. The second-order valence-corrected chi connectivity index (χ2v) is 10.0. The molecule has 0 radical (unpaired) electrons. The zero-order chi connectivity index (χ0) is 21.0. The maximum atomic E-state index is 13.3. The highest BCUT2D eigenvalue weighted by molar-refractivity contribution is 5.95. The molecule has 1 atom stereocenters. The van der Waals surface area contributed by atoms with Crippen molar-refractivity contribution in [2.45, 2.75) is 65.8 Å². The molecule has 0 bridgehead atoms. The third-order valence-corrected chi connectivity index (χ3v) is 6.14. The average molecular weight is 400 g/mol. The molecule has 29 heavy (non-hydrogen) atoms. The zero-order valence-corrected chi connectivity index (χ0v) is 18.5. The number of nitrogens with one attached hydrogen (secondary N) is 1. The zero-order valence-electron chi connectivity index (χ0n) is 18.5. The number of carbonyl (C=O) groups is 2. The number of nitrogens with zero attached hydrogens (tertiary/aromatic N) is 2. The van der Waals surface area contributed by atoms with Crippen LogP contribution in [0.5, 0.6) is 0 Å². The molecule has 160 valence electrons. The van der Waals surface area contributed by atoms with E-state index < -0.39 is 0 Å².